The van der Waals surface area contributed by atoms with Crippen LogP contribution in [0.4, 0.5) is 0 Å². The number of nitrogens with zero attached hydrogens (tertiary/aromatic N) is 2. The maximum Gasteiger partial charge on any atom is 0.277 e. The van der Waals surface area contributed by atoms with Crippen LogP contribution in [0.25, 0.3) is 11.5 Å². The third kappa shape index (κ3) is 5.10. The van der Waals surface area contributed by atoms with Crippen molar-refractivity contribution in [1.82, 2.24) is 15.5 Å². The molecule has 1 N–H and O–H groups in total. The summed E-state index contributed by atoms with van der Waals surface area (Å²) in [5.41, 5.74) is 3.00. The smallest absolute Gasteiger partial charge is 0.277 e. The van der Waals surface area contributed by atoms with E-state index in [0.717, 1.165) is 23.1 Å². The van der Waals surface area contributed by atoms with E-state index in [1.807, 2.05) is 46.8 Å². The van der Waals surface area contributed by atoms with Gasteiger partial charge in [-0.05, 0) is 46.2 Å². The molecular formula is C17H23N3O2S. The maximum atomic E-state index is 11.9. The lowest BCUT2D eigenvalue weighted by Gasteiger charge is -2.24. The van der Waals surface area contributed by atoms with Crippen molar-refractivity contribution in [3.8, 4) is 11.5 Å². The molecule has 0 aliphatic rings. The molecule has 0 atom stereocenters. The highest BCUT2D eigenvalue weighted by Gasteiger charge is 2.18. The fraction of sp³-hybridized carbons (Fsp3) is 0.471. The van der Waals surface area contributed by atoms with Gasteiger partial charge in [-0.2, -0.15) is 0 Å². The molecule has 0 saturated carbocycles. The summed E-state index contributed by atoms with van der Waals surface area (Å²) in [4.78, 5) is 11.9. The fourth-order valence-electron chi connectivity index (χ4n) is 2.11. The van der Waals surface area contributed by atoms with E-state index in [4.69, 9.17) is 4.42 Å². The number of thioether (sulfide) groups is 1. The number of hydrogen-bond donors (Lipinski definition) is 1. The number of carbonyl (C=O) groups excluding carboxylic acids is 1. The van der Waals surface area contributed by atoms with Gasteiger partial charge >= 0.3 is 0 Å². The lowest BCUT2D eigenvalue weighted by Crippen LogP contribution is -2.43. The van der Waals surface area contributed by atoms with Gasteiger partial charge in [0.15, 0.2) is 0 Å². The SMILES string of the molecule is CCC(C)(C)NC(=O)CSc1nnc(-c2cc(C)cc(C)c2)o1. The summed E-state index contributed by atoms with van der Waals surface area (Å²) in [6, 6.07) is 6.10. The minimum atomic E-state index is -0.198. The quantitative estimate of drug-likeness (QED) is 0.815. The first kappa shape index (κ1) is 17.5. The van der Waals surface area contributed by atoms with Crippen molar-refractivity contribution < 1.29 is 9.21 Å². The molecule has 5 nitrogen and oxygen atoms in total. The molecule has 0 aliphatic carbocycles. The first-order valence-electron chi connectivity index (χ1n) is 7.65. The number of rotatable bonds is 6. The van der Waals surface area contributed by atoms with Crippen molar-refractivity contribution in [2.45, 2.75) is 51.8 Å². The zero-order valence-corrected chi connectivity index (χ0v) is 15.1. The Kier molecular flexibility index (Phi) is 5.46. The van der Waals surface area contributed by atoms with Gasteiger partial charge in [-0.1, -0.05) is 35.9 Å². The average molecular weight is 333 g/mol. The normalized spacial score (nSPS) is 11.5. The summed E-state index contributed by atoms with van der Waals surface area (Å²) in [6.07, 6.45) is 0.876. The van der Waals surface area contributed by atoms with Gasteiger partial charge in [0, 0.05) is 11.1 Å². The van der Waals surface area contributed by atoms with E-state index < -0.39 is 0 Å². The standard InChI is InChI=1S/C17H23N3O2S/c1-6-17(4,5)18-14(21)10-23-16-20-19-15(22-16)13-8-11(2)7-12(3)9-13/h7-9H,6,10H2,1-5H3,(H,18,21). The number of aromatic nitrogens is 2. The predicted octanol–water partition coefficient (Wildman–Crippen LogP) is 3.75. The molecule has 23 heavy (non-hydrogen) atoms. The number of aryl methyl sites for hydroxylation is 2. The van der Waals surface area contributed by atoms with Crippen LogP contribution in [0, 0.1) is 13.8 Å². The fourth-order valence-corrected chi connectivity index (χ4v) is 2.68. The van der Waals surface area contributed by atoms with Gasteiger partial charge in [0.1, 0.15) is 0 Å². The van der Waals surface area contributed by atoms with Crippen LogP contribution in [-0.2, 0) is 4.79 Å². The molecule has 1 aromatic carbocycles. The van der Waals surface area contributed by atoms with Crippen LogP contribution < -0.4 is 5.32 Å². The van der Waals surface area contributed by atoms with Crippen LogP contribution in [0.5, 0.6) is 0 Å². The van der Waals surface area contributed by atoms with Gasteiger partial charge in [-0.25, -0.2) is 0 Å². The van der Waals surface area contributed by atoms with E-state index in [1.165, 1.54) is 11.8 Å². The molecule has 2 rings (SSSR count). The van der Waals surface area contributed by atoms with Crippen molar-refractivity contribution in [1.29, 1.82) is 0 Å². The van der Waals surface area contributed by atoms with Gasteiger partial charge in [-0.15, -0.1) is 10.2 Å². The summed E-state index contributed by atoms with van der Waals surface area (Å²) >= 11 is 1.25. The van der Waals surface area contributed by atoms with Crippen molar-refractivity contribution >= 4 is 17.7 Å². The van der Waals surface area contributed by atoms with Gasteiger partial charge < -0.3 is 9.73 Å². The van der Waals surface area contributed by atoms with Gasteiger partial charge in [0.05, 0.1) is 5.75 Å². The molecule has 0 saturated heterocycles. The monoisotopic (exact) mass is 333 g/mol. The number of hydrogen-bond acceptors (Lipinski definition) is 5. The zero-order valence-electron chi connectivity index (χ0n) is 14.3. The highest BCUT2D eigenvalue weighted by atomic mass is 32.2. The Morgan fingerprint density at radius 2 is 1.87 bits per heavy atom. The third-order valence-electron chi connectivity index (χ3n) is 3.56. The highest BCUT2D eigenvalue weighted by molar-refractivity contribution is 7.99. The van der Waals surface area contributed by atoms with Crippen molar-refractivity contribution in [2.75, 3.05) is 5.75 Å². The molecule has 2 aromatic rings. The third-order valence-corrected chi connectivity index (χ3v) is 4.38. The molecule has 0 unspecified atom stereocenters. The lowest BCUT2D eigenvalue weighted by molar-refractivity contribution is -0.120. The molecule has 0 aliphatic heterocycles. The van der Waals surface area contributed by atoms with E-state index in [2.05, 4.69) is 21.6 Å². The second-order valence-corrected chi connectivity index (χ2v) is 7.25. The van der Waals surface area contributed by atoms with E-state index in [1.54, 1.807) is 0 Å². The molecule has 1 heterocycles. The van der Waals surface area contributed by atoms with Gasteiger partial charge in [0.25, 0.3) is 5.22 Å². The van der Waals surface area contributed by atoms with E-state index in [-0.39, 0.29) is 17.2 Å². The van der Waals surface area contributed by atoms with Crippen LogP contribution in [0.1, 0.15) is 38.3 Å². The second kappa shape index (κ2) is 7.17. The van der Waals surface area contributed by atoms with Crippen molar-refractivity contribution in [2.24, 2.45) is 0 Å². The Balaban J connectivity index is 1.99. The lowest BCUT2D eigenvalue weighted by atomic mass is 10.0. The van der Waals surface area contributed by atoms with Crippen molar-refractivity contribution in [3.63, 3.8) is 0 Å². The summed E-state index contributed by atoms with van der Waals surface area (Å²) in [5, 5.41) is 11.5. The maximum absolute atomic E-state index is 11.9. The molecular weight excluding hydrogens is 310 g/mol. The van der Waals surface area contributed by atoms with E-state index in [9.17, 15) is 4.79 Å². The Labute approximate surface area is 141 Å². The number of benzene rings is 1. The molecule has 0 spiro atoms. The largest absolute Gasteiger partial charge is 0.411 e. The summed E-state index contributed by atoms with van der Waals surface area (Å²) in [6.45, 7) is 10.1. The molecule has 124 valence electrons. The number of carbonyl (C=O) groups is 1. The molecule has 0 fully saturated rings. The van der Waals surface area contributed by atoms with Gasteiger partial charge in [-0.3, -0.25) is 4.79 Å². The van der Waals surface area contributed by atoms with Crippen molar-refractivity contribution in [3.05, 3.63) is 29.3 Å². The van der Waals surface area contributed by atoms with E-state index >= 15 is 0 Å². The molecule has 6 heteroatoms. The minimum absolute atomic E-state index is 0.0343. The van der Waals surface area contributed by atoms with E-state index in [0.29, 0.717) is 11.1 Å². The Morgan fingerprint density at radius 3 is 2.48 bits per heavy atom. The molecule has 0 radical (unpaired) electrons. The Bertz CT molecular complexity index is 675. The molecule has 1 amide bonds. The molecule has 0 bridgehead atoms. The molecule has 1 aromatic heterocycles. The Hall–Kier alpha value is -1.82. The van der Waals surface area contributed by atoms with Crippen LogP contribution in [-0.4, -0.2) is 27.4 Å². The predicted molar refractivity (Wildman–Crippen MR) is 92.4 cm³/mol. The van der Waals surface area contributed by atoms with Gasteiger partial charge in [0.2, 0.25) is 11.8 Å². The first-order valence-corrected chi connectivity index (χ1v) is 8.63. The van der Waals surface area contributed by atoms with Crippen LogP contribution in [0.2, 0.25) is 0 Å². The van der Waals surface area contributed by atoms with Crippen LogP contribution in [0.3, 0.4) is 0 Å². The summed E-state index contributed by atoms with van der Waals surface area (Å²) in [7, 11) is 0. The second-order valence-electron chi connectivity index (χ2n) is 6.32. The zero-order chi connectivity index (χ0) is 17.0. The first-order chi connectivity index (χ1) is 10.8. The number of nitrogens with one attached hydrogen (secondary N) is 1. The topological polar surface area (TPSA) is 68.0 Å². The minimum Gasteiger partial charge on any atom is -0.411 e. The average Bonchev–Trinajstić information content (AvgIpc) is 2.92. The Morgan fingerprint density at radius 1 is 1.22 bits per heavy atom. The number of amides is 1. The van der Waals surface area contributed by atoms with Crippen LogP contribution >= 0.6 is 11.8 Å². The summed E-state index contributed by atoms with van der Waals surface area (Å²) < 4.78 is 5.65. The summed E-state index contributed by atoms with van der Waals surface area (Å²) in [5.74, 6) is 0.708. The van der Waals surface area contributed by atoms with Crippen LogP contribution in [0.15, 0.2) is 27.8 Å². The highest BCUT2D eigenvalue weighted by Crippen LogP contribution is 2.24.